The first-order valence-corrected chi connectivity index (χ1v) is 5.81. The first kappa shape index (κ1) is 11.4. The summed E-state index contributed by atoms with van der Waals surface area (Å²) in [6, 6.07) is 0.246. The molecule has 16 heavy (non-hydrogen) atoms. The van der Waals surface area contributed by atoms with Crippen molar-refractivity contribution in [3.8, 4) is 0 Å². The fourth-order valence-corrected chi connectivity index (χ4v) is 2.24. The van der Waals surface area contributed by atoms with Gasteiger partial charge in [-0.25, -0.2) is 4.84 Å². The zero-order chi connectivity index (χ0) is 11.5. The largest absolute Gasteiger partial charge is 0.348 e. The summed E-state index contributed by atoms with van der Waals surface area (Å²) >= 11 is 0. The van der Waals surface area contributed by atoms with Crippen LogP contribution in [0.5, 0.6) is 0 Å². The van der Waals surface area contributed by atoms with E-state index in [0.29, 0.717) is 5.23 Å². The molecule has 0 aromatic heterocycles. The Hall–Kier alpha value is -1.07. The zero-order valence-electron chi connectivity index (χ0n) is 9.53. The number of hydroxylamine groups is 2. The van der Waals surface area contributed by atoms with Gasteiger partial charge in [-0.15, -0.1) is 5.23 Å². The molecule has 0 bridgehead atoms. The van der Waals surface area contributed by atoms with Crippen molar-refractivity contribution in [2.45, 2.75) is 45.1 Å². The molecule has 0 unspecified atom stereocenters. The van der Waals surface area contributed by atoms with Gasteiger partial charge in [-0.05, 0) is 25.3 Å². The predicted molar refractivity (Wildman–Crippen MR) is 57.3 cm³/mol. The molecular formula is C11H18N2O3. The van der Waals surface area contributed by atoms with Gasteiger partial charge in [0.05, 0.1) is 0 Å². The van der Waals surface area contributed by atoms with Crippen LogP contribution in [0.3, 0.4) is 0 Å². The monoisotopic (exact) mass is 226 g/mol. The highest BCUT2D eigenvalue weighted by molar-refractivity contribution is 5.93. The third-order valence-corrected chi connectivity index (χ3v) is 3.15. The minimum Gasteiger partial charge on any atom is -0.348 e. The van der Waals surface area contributed by atoms with E-state index >= 15 is 0 Å². The van der Waals surface area contributed by atoms with E-state index in [9.17, 15) is 10.0 Å². The smallest absolute Gasteiger partial charge is 0.272 e. The molecule has 90 valence electrons. The zero-order valence-corrected chi connectivity index (χ0v) is 9.53. The van der Waals surface area contributed by atoms with Crippen molar-refractivity contribution in [3.05, 3.63) is 11.3 Å². The number of hydrogen-bond donors (Lipinski definition) is 2. The third kappa shape index (κ3) is 2.36. The number of carbonyl (C=O) groups excluding carboxylic acids is 1. The quantitative estimate of drug-likeness (QED) is 0.746. The molecule has 1 amide bonds. The molecule has 0 aromatic rings. The van der Waals surface area contributed by atoms with Crippen molar-refractivity contribution in [3.63, 3.8) is 0 Å². The highest BCUT2D eigenvalue weighted by Gasteiger charge is 2.28. The summed E-state index contributed by atoms with van der Waals surface area (Å²) in [6.07, 6.45) is 5.66. The van der Waals surface area contributed by atoms with Crippen molar-refractivity contribution < 1.29 is 14.8 Å². The van der Waals surface area contributed by atoms with Crippen LogP contribution < -0.4 is 5.32 Å². The van der Waals surface area contributed by atoms with Gasteiger partial charge >= 0.3 is 0 Å². The summed E-state index contributed by atoms with van der Waals surface area (Å²) < 4.78 is 0. The van der Waals surface area contributed by atoms with Crippen LogP contribution >= 0.6 is 0 Å². The first-order valence-electron chi connectivity index (χ1n) is 5.81. The summed E-state index contributed by atoms with van der Waals surface area (Å²) in [4.78, 5) is 16.7. The Balaban J connectivity index is 1.94. The van der Waals surface area contributed by atoms with E-state index in [-0.39, 0.29) is 24.3 Å². The fraction of sp³-hybridized carbons (Fsp3) is 0.727. The Morgan fingerprint density at radius 1 is 1.44 bits per heavy atom. The second kappa shape index (κ2) is 4.84. The Bertz CT molecular complexity index is 308. The number of rotatable bonds is 2. The van der Waals surface area contributed by atoms with E-state index in [0.717, 1.165) is 18.4 Å². The SMILES string of the molecule is CC1=C(C(=O)NC2CCCCC2)N(O)OC1. The second-order valence-corrected chi connectivity index (χ2v) is 4.48. The summed E-state index contributed by atoms with van der Waals surface area (Å²) in [7, 11) is 0. The number of nitrogens with one attached hydrogen (secondary N) is 1. The highest BCUT2D eigenvalue weighted by atomic mass is 16.9. The molecule has 0 atom stereocenters. The van der Waals surface area contributed by atoms with Gasteiger partial charge in [0.1, 0.15) is 6.61 Å². The van der Waals surface area contributed by atoms with Crippen molar-refractivity contribution in [1.29, 1.82) is 0 Å². The lowest BCUT2D eigenvalue weighted by Crippen LogP contribution is -2.39. The van der Waals surface area contributed by atoms with E-state index in [1.54, 1.807) is 6.92 Å². The average molecular weight is 226 g/mol. The van der Waals surface area contributed by atoms with Crippen LogP contribution in [-0.2, 0) is 9.63 Å². The Morgan fingerprint density at radius 3 is 2.69 bits per heavy atom. The van der Waals surface area contributed by atoms with Crippen LogP contribution in [-0.4, -0.2) is 29.0 Å². The van der Waals surface area contributed by atoms with Gasteiger partial charge < -0.3 is 5.32 Å². The van der Waals surface area contributed by atoms with Crippen molar-refractivity contribution in [2.75, 3.05) is 6.61 Å². The summed E-state index contributed by atoms with van der Waals surface area (Å²) in [5.41, 5.74) is 1.00. The molecule has 1 heterocycles. The maximum atomic E-state index is 11.9. The minimum absolute atomic E-state index is 0.232. The average Bonchev–Trinajstić information content (AvgIpc) is 2.60. The van der Waals surface area contributed by atoms with Crippen LogP contribution in [0.15, 0.2) is 11.3 Å². The number of amides is 1. The van der Waals surface area contributed by atoms with Gasteiger partial charge in [0, 0.05) is 6.04 Å². The number of carbonyl (C=O) groups is 1. The van der Waals surface area contributed by atoms with Crippen molar-refractivity contribution in [1.82, 2.24) is 10.5 Å². The molecule has 0 radical (unpaired) electrons. The van der Waals surface area contributed by atoms with Gasteiger partial charge in [0.25, 0.3) is 5.91 Å². The Labute approximate surface area is 95.0 Å². The van der Waals surface area contributed by atoms with Crippen LogP contribution in [0.4, 0.5) is 0 Å². The molecule has 1 aliphatic carbocycles. The number of nitrogens with zero attached hydrogens (tertiary/aromatic N) is 1. The summed E-state index contributed by atoms with van der Waals surface area (Å²) in [5, 5.41) is 12.9. The molecule has 2 aliphatic rings. The normalized spacial score (nSPS) is 22.8. The second-order valence-electron chi connectivity index (χ2n) is 4.48. The minimum atomic E-state index is -0.232. The lowest BCUT2D eigenvalue weighted by atomic mass is 9.95. The molecule has 5 heteroatoms. The fourth-order valence-electron chi connectivity index (χ4n) is 2.24. The van der Waals surface area contributed by atoms with E-state index in [1.807, 2.05) is 0 Å². The van der Waals surface area contributed by atoms with Crippen LogP contribution in [0.25, 0.3) is 0 Å². The molecule has 1 aliphatic heterocycles. The highest BCUT2D eigenvalue weighted by Crippen LogP contribution is 2.21. The third-order valence-electron chi connectivity index (χ3n) is 3.15. The Kier molecular flexibility index (Phi) is 3.46. The van der Waals surface area contributed by atoms with Gasteiger partial charge in [-0.2, -0.15) is 0 Å². The van der Waals surface area contributed by atoms with Crippen LogP contribution in [0.1, 0.15) is 39.0 Å². The van der Waals surface area contributed by atoms with E-state index in [1.165, 1.54) is 19.3 Å². The topological polar surface area (TPSA) is 61.8 Å². The van der Waals surface area contributed by atoms with E-state index < -0.39 is 0 Å². The van der Waals surface area contributed by atoms with Gasteiger partial charge in [0.15, 0.2) is 5.70 Å². The van der Waals surface area contributed by atoms with Gasteiger partial charge in [0.2, 0.25) is 0 Å². The standard InChI is InChI=1S/C11H18N2O3/c1-8-7-16-13(15)10(8)11(14)12-9-5-3-2-4-6-9/h9,15H,2-7H2,1H3,(H,12,14). The summed E-state index contributed by atoms with van der Waals surface area (Å²) in [5.74, 6) is -0.232. The molecule has 0 aromatic carbocycles. The maximum Gasteiger partial charge on any atom is 0.272 e. The van der Waals surface area contributed by atoms with Crippen LogP contribution in [0.2, 0.25) is 0 Å². The van der Waals surface area contributed by atoms with E-state index in [4.69, 9.17) is 4.84 Å². The molecule has 2 rings (SSSR count). The van der Waals surface area contributed by atoms with E-state index in [2.05, 4.69) is 5.32 Å². The molecule has 1 fully saturated rings. The molecule has 2 N–H and O–H groups in total. The van der Waals surface area contributed by atoms with Crippen LogP contribution in [0, 0.1) is 0 Å². The lowest BCUT2D eigenvalue weighted by Gasteiger charge is -2.23. The molecular weight excluding hydrogens is 208 g/mol. The number of hydrogen-bond acceptors (Lipinski definition) is 4. The Morgan fingerprint density at radius 2 is 2.12 bits per heavy atom. The predicted octanol–water partition coefficient (Wildman–Crippen LogP) is 1.35. The maximum absolute atomic E-state index is 11.9. The molecule has 0 spiro atoms. The summed E-state index contributed by atoms with van der Waals surface area (Å²) in [6.45, 7) is 2.07. The molecule has 0 saturated heterocycles. The molecule has 1 saturated carbocycles. The molecule has 5 nitrogen and oxygen atoms in total. The van der Waals surface area contributed by atoms with Crippen molar-refractivity contribution >= 4 is 5.91 Å². The lowest BCUT2D eigenvalue weighted by molar-refractivity contribution is -0.294. The van der Waals surface area contributed by atoms with Gasteiger partial charge in [-0.1, -0.05) is 19.3 Å². The van der Waals surface area contributed by atoms with Crippen molar-refractivity contribution in [2.24, 2.45) is 0 Å². The first-order chi connectivity index (χ1) is 7.68. The van der Waals surface area contributed by atoms with Gasteiger partial charge in [-0.3, -0.25) is 10.0 Å².